The van der Waals surface area contributed by atoms with Gasteiger partial charge in [-0.25, -0.2) is 13.1 Å². The van der Waals surface area contributed by atoms with Gasteiger partial charge in [0.05, 0.1) is 16.6 Å². The SMILES string of the molecule is Cc1cccc(CSc2nnc(C(Cc3ccccc3)NS(=O)(=O)c3c(C)cc(C)cc3C)n2-c2cc(Cl)ccc2C)c1. The Hall–Kier alpha value is -3.43. The minimum absolute atomic E-state index is 0.287. The molecule has 1 aromatic heterocycles. The van der Waals surface area contributed by atoms with E-state index in [2.05, 4.69) is 40.0 Å². The summed E-state index contributed by atoms with van der Waals surface area (Å²) in [6.07, 6.45) is 0.379. The van der Waals surface area contributed by atoms with Crippen LogP contribution in [0, 0.1) is 34.6 Å². The first-order chi connectivity index (χ1) is 20.5. The first-order valence-electron chi connectivity index (χ1n) is 14.1. The van der Waals surface area contributed by atoms with Crippen molar-refractivity contribution in [1.82, 2.24) is 19.5 Å². The van der Waals surface area contributed by atoms with E-state index in [9.17, 15) is 8.42 Å². The van der Waals surface area contributed by atoms with E-state index in [4.69, 9.17) is 11.6 Å². The molecule has 1 heterocycles. The molecule has 9 heteroatoms. The third-order valence-corrected chi connectivity index (χ3v) is 10.3. The summed E-state index contributed by atoms with van der Waals surface area (Å²) < 4.78 is 33.1. The fourth-order valence-corrected chi connectivity index (χ4v) is 8.18. The summed E-state index contributed by atoms with van der Waals surface area (Å²) >= 11 is 8.05. The average molecular weight is 631 g/mol. The summed E-state index contributed by atoms with van der Waals surface area (Å²) in [7, 11) is -3.94. The molecule has 0 fully saturated rings. The highest BCUT2D eigenvalue weighted by atomic mass is 35.5. The van der Waals surface area contributed by atoms with Crippen molar-refractivity contribution in [1.29, 1.82) is 0 Å². The second kappa shape index (κ2) is 13.1. The zero-order chi connectivity index (χ0) is 30.7. The van der Waals surface area contributed by atoms with Gasteiger partial charge in [-0.05, 0) is 81.0 Å². The Balaban J connectivity index is 1.64. The largest absolute Gasteiger partial charge is 0.272 e. The number of hydrogen-bond donors (Lipinski definition) is 1. The molecule has 5 aromatic rings. The van der Waals surface area contributed by atoms with Crippen LogP contribution in [-0.4, -0.2) is 23.2 Å². The van der Waals surface area contributed by atoms with Crippen molar-refractivity contribution in [2.75, 3.05) is 0 Å². The van der Waals surface area contributed by atoms with Crippen molar-refractivity contribution in [3.8, 4) is 5.69 Å². The number of nitrogens with one attached hydrogen (secondary N) is 1. The van der Waals surface area contributed by atoms with Crippen LogP contribution in [0.1, 0.15) is 50.8 Å². The monoisotopic (exact) mass is 630 g/mol. The fourth-order valence-electron chi connectivity index (χ4n) is 5.47. The van der Waals surface area contributed by atoms with E-state index in [-0.39, 0.29) is 4.90 Å². The maximum absolute atomic E-state index is 14.1. The van der Waals surface area contributed by atoms with E-state index in [1.165, 1.54) is 5.56 Å². The smallest absolute Gasteiger partial charge is 0.241 e. The molecular formula is C34H35ClN4O2S2. The van der Waals surface area contributed by atoms with Gasteiger partial charge in [-0.2, -0.15) is 0 Å². The number of rotatable bonds is 10. The molecule has 1 unspecified atom stereocenters. The number of halogens is 1. The summed E-state index contributed by atoms with van der Waals surface area (Å²) in [4.78, 5) is 0.287. The van der Waals surface area contributed by atoms with Crippen LogP contribution in [-0.2, 0) is 22.2 Å². The van der Waals surface area contributed by atoms with E-state index >= 15 is 0 Å². The van der Waals surface area contributed by atoms with Gasteiger partial charge in [0, 0.05) is 10.8 Å². The van der Waals surface area contributed by atoms with Gasteiger partial charge in [-0.1, -0.05) is 107 Å². The number of thioether (sulfide) groups is 1. The summed E-state index contributed by atoms with van der Waals surface area (Å²) in [5.41, 5.74) is 7.50. The van der Waals surface area contributed by atoms with Gasteiger partial charge in [0.1, 0.15) is 0 Å². The predicted molar refractivity (Wildman–Crippen MR) is 176 cm³/mol. The molecular weight excluding hydrogens is 596 g/mol. The fraction of sp³-hybridized carbons (Fsp3) is 0.235. The molecule has 0 amide bonds. The van der Waals surface area contributed by atoms with Crippen molar-refractivity contribution < 1.29 is 8.42 Å². The molecule has 0 radical (unpaired) electrons. The minimum Gasteiger partial charge on any atom is -0.272 e. The molecule has 4 aromatic carbocycles. The number of aromatic nitrogens is 3. The number of nitrogens with zero attached hydrogens (tertiary/aromatic N) is 3. The Morgan fingerprint density at radius 3 is 2.19 bits per heavy atom. The van der Waals surface area contributed by atoms with Gasteiger partial charge in [-0.15, -0.1) is 10.2 Å². The molecule has 0 saturated carbocycles. The number of benzene rings is 4. The number of hydrogen-bond acceptors (Lipinski definition) is 5. The summed E-state index contributed by atoms with van der Waals surface area (Å²) in [5, 5.41) is 10.5. The summed E-state index contributed by atoms with van der Waals surface area (Å²) in [6, 6.07) is 26.9. The maximum atomic E-state index is 14.1. The molecule has 1 atom stereocenters. The highest BCUT2D eigenvalue weighted by Gasteiger charge is 2.30. The quantitative estimate of drug-likeness (QED) is 0.158. The van der Waals surface area contributed by atoms with Gasteiger partial charge in [0.25, 0.3) is 0 Å². The Morgan fingerprint density at radius 2 is 1.49 bits per heavy atom. The lowest BCUT2D eigenvalue weighted by molar-refractivity contribution is 0.536. The van der Waals surface area contributed by atoms with Crippen LogP contribution in [0.3, 0.4) is 0 Å². The van der Waals surface area contributed by atoms with Crippen molar-refractivity contribution in [2.45, 2.75) is 62.9 Å². The molecule has 6 nitrogen and oxygen atoms in total. The molecule has 0 spiro atoms. The van der Waals surface area contributed by atoms with E-state index in [0.29, 0.717) is 39.3 Å². The number of sulfonamides is 1. The van der Waals surface area contributed by atoms with Crippen LogP contribution in [0.15, 0.2) is 95.0 Å². The van der Waals surface area contributed by atoms with Crippen molar-refractivity contribution in [3.63, 3.8) is 0 Å². The van der Waals surface area contributed by atoms with Gasteiger partial charge < -0.3 is 0 Å². The molecule has 0 bridgehead atoms. The van der Waals surface area contributed by atoms with Crippen LogP contribution >= 0.6 is 23.4 Å². The Labute approximate surface area is 263 Å². The Morgan fingerprint density at radius 1 is 0.791 bits per heavy atom. The lowest BCUT2D eigenvalue weighted by atomic mass is 10.1. The van der Waals surface area contributed by atoms with Crippen molar-refractivity contribution in [3.05, 3.63) is 135 Å². The normalized spacial score (nSPS) is 12.4. The van der Waals surface area contributed by atoms with Crippen LogP contribution in [0.25, 0.3) is 5.69 Å². The topological polar surface area (TPSA) is 76.9 Å². The van der Waals surface area contributed by atoms with Crippen molar-refractivity contribution in [2.24, 2.45) is 0 Å². The van der Waals surface area contributed by atoms with Crippen LogP contribution in [0.4, 0.5) is 0 Å². The van der Waals surface area contributed by atoms with Crippen LogP contribution < -0.4 is 4.72 Å². The molecule has 1 N–H and O–H groups in total. The van der Waals surface area contributed by atoms with E-state index < -0.39 is 16.1 Å². The lowest BCUT2D eigenvalue weighted by Gasteiger charge is -2.22. The second-order valence-electron chi connectivity index (χ2n) is 11.0. The maximum Gasteiger partial charge on any atom is 0.241 e. The van der Waals surface area contributed by atoms with E-state index in [1.807, 2.05) is 99.0 Å². The highest BCUT2D eigenvalue weighted by Crippen LogP contribution is 2.33. The van der Waals surface area contributed by atoms with Crippen molar-refractivity contribution >= 4 is 33.4 Å². The first kappa shape index (κ1) is 31.0. The predicted octanol–water partition coefficient (Wildman–Crippen LogP) is 8.02. The third kappa shape index (κ3) is 7.21. The molecule has 43 heavy (non-hydrogen) atoms. The zero-order valence-corrected chi connectivity index (χ0v) is 27.3. The molecule has 222 valence electrons. The lowest BCUT2D eigenvalue weighted by Crippen LogP contribution is -2.33. The second-order valence-corrected chi connectivity index (χ2v) is 14.0. The molecule has 0 aliphatic carbocycles. The van der Waals surface area contributed by atoms with E-state index in [1.54, 1.807) is 11.8 Å². The Bertz CT molecular complexity index is 1850. The van der Waals surface area contributed by atoms with Crippen LogP contribution in [0.2, 0.25) is 5.02 Å². The highest BCUT2D eigenvalue weighted by molar-refractivity contribution is 7.98. The summed E-state index contributed by atoms with van der Waals surface area (Å²) in [5.74, 6) is 1.17. The Kier molecular flexibility index (Phi) is 9.42. The molecule has 0 saturated heterocycles. The minimum atomic E-state index is -3.94. The molecule has 0 aliphatic heterocycles. The number of aryl methyl sites for hydroxylation is 5. The van der Waals surface area contributed by atoms with Gasteiger partial charge >= 0.3 is 0 Å². The standard InChI is InChI=1S/C34H35ClN4O2S2/c1-22-10-9-13-28(18-22)21-42-34-37-36-33(39(34)31-20-29(35)15-14-24(31)3)30(19-27-11-7-6-8-12-27)38-43(40,41)32-25(4)16-23(2)17-26(32)5/h6-18,20,30,38H,19,21H2,1-5H3. The molecule has 0 aliphatic rings. The molecule has 5 rings (SSSR count). The van der Waals surface area contributed by atoms with Gasteiger partial charge in [-0.3, -0.25) is 4.57 Å². The van der Waals surface area contributed by atoms with Gasteiger partial charge in [0.2, 0.25) is 10.0 Å². The third-order valence-electron chi connectivity index (χ3n) is 7.29. The zero-order valence-electron chi connectivity index (χ0n) is 24.9. The first-order valence-corrected chi connectivity index (χ1v) is 16.9. The van der Waals surface area contributed by atoms with Gasteiger partial charge in [0.15, 0.2) is 11.0 Å². The van der Waals surface area contributed by atoms with Crippen LogP contribution in [0.5, 0.6) is 0 Å². The van der Waals surface area contributed by atoms with E-state index in [0.717, 1.165) is 27.9 Å². The summed E-state index contributed by atoms with van der Waals surface area (Å²) in [6.45, 7) is 9.70. The average Bonchev–Trinajstić information content (AvgIpc) is 3.36.